The molecule has 0 saturated carbocycles. The van der Waals surface area contributed by atoms with Crippen molar-refractivity contribution in [2.45, 2.75) is 11.8 Å². The molecule has 1 amide bonds. The van der Waals surface area contributed by atoms with E-state index in [-0.39, 0.29) is 23.9 Å². The third-order valence-corrected chi connectivity index (χ3v) is 4.29. The number of nitrogens with one attached hydrogen (secondary N) is 1. The van der Waals surface area contributed by atoms with Gasteiger partial charge in [0.1, 0.15) is 5.82 Å². The molecule has 1 aromatic carbocycles. The Morgan fingerprint density at radius 3 is 2.43 bits per heavy atom. The van der Waals surface area contributed by atoms with E-state index >= 15 is 0 Å². The van der Waals surface area contributed by atoms with Crippen LogP contribution < -0.4 is 4.72 Å². The molecule has 0 saturated heterocycles. The molecule has 1 rings (SSSR count). The normalized spacial score (nSPS) is 11.4. The highest BCUT2D eigenvalue weighted by Crippen LogP contribution is 2.09. The summed E-state index contributed by atoms with van der Waals surface area (Å²) in [5.74, 6) is -0.663. The van der Waals surface area contributed by atoms with Crippen LogP contribution in [0.4, 0.5) is 4.39 Å². The number of carbonyl (C=O) groups is 1. The second-order valence-corrected chi connectivity index (χ2v) is 6.12. The highest BCUT2D eigenvalue weighted by Gasteiger charge is 2.15. The Balaban J connectivity index is 2.56. The number of hydrogen-bond acceptors (Lipinski definition) is 4. The molecule has 6 nitrogen and oxygen atoms in total. The van der Waals surface area contributed by atoms with E-state index in [2.05, 4.69) is 4.72 Å². The Morgan fingerprint density at radius 1 is 1.29 bits per heavy atom. The summed E-state index contributed by atoms with van der Waals surface area (Å²) in [6.07, 6.45) is 0. The molecule has 0 spiro atoms. The van der Waals surface area contributed by atoms with Gasteiger partial charge in [-0.3, -0.25) is 4.79 Å². The Bertz CT molecular complexity index is 560. The molecule has 0 aliphatic rings. The minimum atomic E-state index is -3.70. The van der Waals surface area contributed by atoms with Gasteiger partial charge in [0.05, 0.1) is 11.5 Å². The zero-order chi connectivity index (χ0) is 15.9. The average Bonchev–Trinajstić information content (AvgIpc) is 2.42. The first-order valence-electron chi connectivity index (χ1n) is 6.36. The van der Waals surface area contributed by atoms with Crippen molar-refractivity contribution >= 4 is 15.9 Å². The molecule has 0 unspecified atom stereocenters. The molecule has 0 radical (unpaired) electrons. The van der Waals surface area contributed by atoms with Gasteiger partial charge in [0, 0.05) is 33.7 Å². The zero-order valence-electron chi connectivity index (χ0n) is 12.0. The number of hydrogen-bond donors (Lipinski definition) is 1. The van der Waals surface area contributed by atoms with Gasteiger partial charge in [-0.25, -0.2) is 17.5 Å². The monoisotopic (exact) mass is 318 g/mol. The molecular weight excluding hydrogens is 299 g/mol. The first-order chi connectivity index (χ1) is 9.86. The number of nitrogens with zero attached hydrogens (tertiary/aromatic N) is 1. The van der Waals surface area contributed by atoms with Crippen LogP contribution in [0.2, 0.25) is 0 Å². The number of ether oxygens (including phenoxy) is 1. The summed E-state index contributed by atoms with van der Waals surface area (Å²) in [5.41, 5.74) is 0. The number of benzene rings is 1. The minimum absolute atomic E-state index is 0.0184. The highest BCUT2D eigenvalue weighted by atomic mass is 32.2. The molecule has 1 N–H and O–H groups in total. The summed E-state index contributed by atoms with van der Waals surface area (Å²) >= 11 is 0. The Morgan fingerprint density at radius 2 is 1.90 bits per heavy atom. The third kappa shape index (κ3) is 5.78. The fourth-order valence-corrected chi connectivity index (χ4v) is 2.66. The van der Waals surface area contributed by atoms with Gasteiger partial charge in [0.15, 0.2) is 0 Å². The van der Waals surface area contributed by atoms with Crippen LogP contribution in [0.15, 0.2) is 29.2 Å². The number of carbonyl (C=O) groups excluding carboxylic acids is 1. The van der Waals surface area contributed by atoms with Gasteiger partial charge in [0.2, 0.25) is 15.9 Å². The van der Waals surface area contributed by atoms with Crippen LogP contribution in [-0.2, 0) is 19.6 Å². The summed E-state index contributed by atoms with van der Waals surface area (Å²) in [4.78, 5) is 12.8. The molecule has 0 bridgehead atoms. The zero-order valence-corrected chi connectivity index (χ0v) is 12.8. The molecule has 21 heavy (non-hydrogen) atoms. The second kappa shape index (κ2) is 8.06. The van der Waals surface area contributed by atoms with Crippen molar-refractivity contribution in [1.82, 2.24) is 9.62 Å². The molecule has 8 heteroatoms. The van der Waals surface area contributed by atoms with E-state index in [1.165, 1.54) is 31.1 Å². The third-order valence-electron chi connectivity index (χ3n) is 2.81. The smallest absolute Gasteiger partial charge is 0.240 e. The van der Waals surface area contributed by atoms with Gasteiger partial charge in [-0.1, -0.05) is 0 Å². The van der Waals surface area contributed by atoms with Gasteiger partial charge in [0.25, 0.3) is 0 Å². The van der Waals surface area contributed by atoms with Crippen molar-refractivity contribution in [3.05, 3.63) is 30.1 Å². The van der Waals surface area contributed by atoms with Crippen LogP contribution in [0.5, 0.6) is 0 Å². The van der Waals surface area contributed by atoms with E-state index in [9.17, 15) is 17.6 Å². The maximum atomic E-state index is 12.8. The number of sulfonamides is 1. The Labute approximate surface area is 123 Å². The number of halogens is 1. The Hall–Kier alpha value is -1.51. The lowest BCUT2D eigenvalue weighted by molar-refractivity contribution is -0.129. The van der Waals surface area contributed by atoms with E-state index in [0.717, 1.165) is 12.1 Å². The maximum Gasteiger partial charge on any atom is 0.240 e. The van der Waals surface area contributed by atoms with Crippen LogP contribution in [0.1, 0.15) is 6.92 Å². The van der Waals surface area contributed by atoms with E-state index in [1.54, 1.807) is 0 Å². The molecule has 1 aromatic rings. The fraction of sp³-hybridized carbons (Fsp3) is 0.462. The standard InChI is InChI=1S/C13H19FN2O4S/c1-11(17)16(9-10-20-2)8-7-15-21(18,19)13-5-3-12(14)4-6-13/h3-6,15H,7-10H2,1-2H3. The van der Waals surface area contributed by atoms with Gasteiger partial charge in [-0.2, -0.15) is 0 Å². The molecule has 0 aliphatic heterocycles. The van der Waals surface area contributed by atoms with Crippen molar-refractivity contribution < 1.29 is 22.3 Å². The number of rotatable bonds is 8. The molecule has 0 heterocycles. The van der Waals surface area contributed by atoms with E-state index in [0.29, 0.717) is 13.2 Å². The van der Waals surface area contributed by atoms with Crippen LogP contribution in [0.3, 0.4) is 0 Å². The Kier molecular flexibility index (Phi) is 6.73. The molecule has 0 atom stereocenters. The quantitative estimate of drug-likeness (QED) is 0.761. The summed E-state index contributed by atoms with van der Waals surface area (Å²) in [7, 11) is -2.18. The SMILES string of the molecule is COCCN(CCNS(=O)(=O)c1ccc(F)cc1)C(C)=O. The van der Waals surface area contributed by atoms with Crippen LogP contribution >= 0.6 is 0 Å². The van der Waals surface area contributed by atoms with Gasteiger partial charge in [-0.05, 0) is 24.3 Å². The van der Waals surface area contributed by atoms with Crippen LogP contribution in [0, 0.1) is 5.82 Å². The van der Waals surface area contributed by atoms with Crippen molar-refractivity contribution in [1.29, 1.82) is 0 Å². The van der Waals surface area contributed by atoms with Crippen molar-refractivity contribution in [2.75, 3.05) is 33.4 Å². The number of methoxy groups -OCH3 is 1. The molecule has 118 valence electrons. The van der Waals surface area contributed by atoms with Gasteiger partial charge in [-0.15, -0.1) is 0 Å². The van der Waals surface area contributed by atoms with Gasteiger partial charge < -0.3 is 9.64 Å². The number of amides is 1. The predicted molar refractivity (Wildman–Crippen MR) is 75.7 cm³/mol. The van der Waals surface area contributed by atoms with E-state index in [1.807, 2.05) is 0 Å². The highest BCUT2D eigenvalue weighted by molar-refractivity contribution is 7.89. The molecule has 0 aromatic heterocycles. The lowest BCUT2D eigenvalue weighted by Crippen LogP contribution is -2.39. The van der Waals surface area contributed by atoms with Crippen LogP contribution in [0.25, 0.3) is 0 Å². The molecular formula is C13H19FN2O4S. The maximum absolute atomic E-state index is 12.8. The first-order valence-corrected chi connectivity index (χ1v) is 7.85. The van der Waals surface area contributed by atoms with E-state index in [4.69, 9.17) is 4.74 Å². The summed E-state index contributed by atoms with van der Waals surface area (Å²) in [5, 5.41) is 0. The predicted octanol–water partition coefficient (Wildman–Crippen LogP) is 0.599. The summed E-state index contributed by atoms with van der Waals surface area (Å²) in [6.45, 7) is 2.49. The summed E-state index contributed by atoms with van der Waals surface area (Å²) in [6, 6.07) is 4.53. The first kappa shape index (κ1) is 17.5. The van der Waals surface area contributed by atoms with E-state index < -0.39 is 15.8 Å². The fourth-order valence-electron chi connectivity index (χ4n) is 1.64. The van der Waals surface area contributed by atoms with Crippen molar-refractivity contribution in [2.24, 2.45) is 0 Å². The lowest BCUT2D eigenvalue weighted by atomic mass is 10.4. The second-order valence-electron chi connectivity index (χ2n) is 4.35. The van der Waals surface area contributed by atoms with Crippen molar-refractivity contribution in [3.8, 4) is 0 Å². The molecule has 0 aliphatic carbocycles. The minimum Gasteiger partial charge on any atom is -0.383 e. The average molecular weight is 318 g/mol. The summed E-state index contributed by atoms with van der Waals surface area (Å²) < 4.78 is 43.9. The topological polar surface area (TPSA) is 75.7 Å². The van der Waals surface area contributed by atoms with Crippen LogP contribution in [-0.4, -0.2) is 52.6 Å². The van der Waals surface area contributed by atoms with Gasteiger partial charge >= 0.3 is 0 Å². The molecule has 0 fully saturated rings. The van der Waals surface area contributed by atoms with Crippen molar-refractivity contribution in [3.63, 3.8) is 0 Å². The largest absolute Gasteiger partial charge is 0.383 e. The lowest BCUT2D eigenvalue weighted by Gasteiger charge is -2.20.